The van der Waals surface area contributed by atoms with Gasteiger partial charge in [-0.05, 0) is 13.3 Å². The van der Waals surface area contributed by atoms with Gasteiger partial charge in [0.1, 0.15) is 30.5 Å². The summed E-state index contributed by atoms with van der Waals surface area (Å²) < 4.78 is 5.03. The van der Waals surface area contributed by atoms with Crippen molar-refractivity contribution in [2.45, 2.75) is 56.6 Å². The molecule has 1 saturated heterocycles. The number of amides is 2. The standard InChI is InChI=1S/C13H24N2O9/c1-6(17)12(22)14-4-2-3-8(18)15-24-13-11(21)10(20)9(19)7(5-16)23-13/h6-7,9-11,13,16-17,19-21H,2-5H2,1H3,(H,14,22)(H,15,18)/t6-,7+,9-,10-,11+,13-/m0/s1. The molecule has 1 rings (SSSR count). The number of rotatable bonds is 8. The zero-order valence-electron chi connectivity index (χ0n) is 13.2. The molecule has 1 aliphatic rings. The molecule has 0 bridgehead atoms. The van der Waals surface area contributed by atoms with E-state index in [-0.39, 0.29) is 19.4 Å². The second-order valence-corrected chi connectivity index (χ2v) is 5.41. The minimum atomic E-state index is -1.62. The van der Waals surface area contributed by atoms with E-state index in [2.05, 4.69) is 5.32 Å². The maximum absolute atomic E-state index is 11.6. The van der Waals surface area contributed by atoms with E-state index in [0.29, 0.717) is 0 Å². The lowest BCUT2D eigenvalue weighted by molar-refractivity contribution is -0.313. The summed E-state index contributed by atoms with van der Waals surface area (Å²) in [5, 5.41) is 49.2. The fraction of sp³-hybridized carbons (Fsp3) is 0.846. The molecule has 2 amide bonds. The lowest BCUT2D eigenvalue weighted by Gasteiger charge is -2.39. The minimum absolute atomic E-state index is 0.0164. The summed E-state index contributed by atoms with van der Waals surface area (Å²) in [6.45, 7) is 0.884. The Hall–Kier alpha value is -1.34. The average molecular weight is 352 g/mol. The van der Waals surface area contributed by atoms with Crippen molar-refractivity contribution in [3.05, 3.63) is 0 Å². The summed E-state index contributed by atoms with van der Waals surface area (Å²) in [6.07, 6.45) is -8.20. The van der Waals surface area contributed by atoms with Crippen LogP contribution in [0.3, 0.4) is 0 Å². The number of hydroxylamine groups is 1. The highest BCUT2D eigenvalue weighted by Crippen LogP contribution is 2.21. The molecule has 0 spiro atoms. The first kappa shape index (κ1) is 20.7. The maximum Gasteiger partial charge on any atom is 0.248 e. The van der Waals surface area contributed by atoms with Crippen molar-refractivity contribution in [2.75, 3.05) is 13.2 Å². The molecule has 11 nitrogen and oxygen atoms in total. The highest BCUT2D eigenvalue weighted by atomic mass is 16.8. The maximum atomic E-state index is 11.6. The topological polar surface area (TPSA) is 178 Å². The van der Waals surface area contributed by atoms with E-state index in [1.807, 2.05) is 5.48 Å². The molecule has 0 aliphatic carbocycles. The Balaban J connectivity index is 2.29. The van der Waals surface area contributed by atoms with Gasteiger partial charge in [0.05, 0.1) is 6.61 Å². The molecule has 140 valence electrons. The molecule has 0 radical (unpaired) electrons. The Morgan fingerprint density at radius 3 is 2.46 bits per heavy atom. The number of hydrogen-bond acceptors (Lipinski definition) is 9. The third kappa shape index (κ3) is 5.94. The van der Waals surface area contributed by atoms with Crippen molar-refractivity contribution in [2.24, 2.45) is 0 Å². The van der Waals surface area contributed by atoms with Gasteiger partial charge in [-0.1, -0.05) is 0 Å². The van der Waals surface area contributed by atoms with Gasteiger partial charge in [-0.2, -0.15) is 0 Å². The molecule has 6 atom stereocenters. The third-order valence-corrected chi connectivity index (χ3v) is 3.40. The molecule has 24 heavy (non-hydrogen) atoms. The lowest BCUT2D eigenvalue weighted by Crippen LogP contribution is -2.60. The Kier molecular flexibility index (Phi) is 8.48. The molecule has 1 aliphatic heterocycles. The van der Waals surface area contributed by atoms with Crippen LogP contribution in [0.4, 0.5) is 0 Å². The van der Waals surface area contributed by atoms with E-state index in [4.69, 9.17) is 19.8 Å². The number of carbonyl (C=O) groups excluding carboxylic acids is 2. The van der Waals surface area contributed by atoms with Crippen LogP contribution in [-0.4, -0.2) is 87.3 Å². The SMILES string of the molecule is C[C@H](O)C(=O)NCCCC(=O)NO[C@@H]1O[C@H](CO)[C@H](O)[C@H](O)[C@H]1O. The minimum Gasteiger partial charge on any atom is -0.394 e. The summed E-state index contributed by atoms with van der Waals surface area (Å²) >= 11 is 0. The number of nitrogens with one attached hydrogen (secondary N) is 2. The fourth-order valence-corrected chi connectivity index (χ4v) is 1.95. The highest BCUT2D eigenvalue weighted by Gasteiger charge is 2.44. The molecular weight excluding hydrogens is 328 g/mol. The highest BCUT2D eigenvalue weighted by molar-refractivity contribution is 5.80. The molecule has 0 aromatic heterocycles. The molecule has 0 saturated carbocycles. The predicted octanol–water partition coefficient (Wildman–Crippen LogP) is -3.89. The second-order valence-electron chi connectivity index (χ2n) is 5.41. The van der Waals surface area contributed by atoms with Gasteiger partial charge >= 0.3 is 0 Å². The van der Waals surface area contributed by atoms with E-state index in [0.717, 1.165) is 0 Å². The molecule has 1 fully saturated rings. The third-order valence-electron chi connectivity index (χ3n) is 3.40. The van der Waals surface area contributed by atoms with Crippen LogP contribution in [0.15, 0.2) is 0 Å². The first-order chi connectivity index (χ1) is 11.3. The van der Waals surface area contributed by atoms with Gasteiger partial charge in [0.2, 0.25) is 18.1 Å². The van der Waals surface area contributed by atoms with E-state index < -0.39 is 55.2 Å². The summed E-state index contributed by atoms with van der Waals surface area (Å²) in [7, 11) is 0. The Labute approximate surface area is 138 Å². The number of aliphatic hydroxyl groups excluding tert-OH is 5. The van der Waals surface area contributed by atoms with Gasteiger partial charge in [-0.15, -0.1) is 0 Å². The van der Waals surface area contributed by atoms with Crippen LogP contribution < -0.4 is 10.8 Å². The Bertz CT molecular complexity index is 418. The van der Waals surface area contributed by atoms with Crippen molar-refractivity contribution in [3.63, 3.8) is 0 Å². The van der Waals surface area contributed by atoms with E-state index >= 15 is 0 Å². The number of carbonyl (C=O) groups is 2. The van der Waals surface area contributed by atoms with E-state index in [1.54, 1.807) is 0 Å². The fourth-order valence-electron chi connectivity index (χ4n) is 1.95. The van der Waals surface area contributed by atoms with Gasteiger partial charge in [0.25, 0.3) is 0 Å². The van der Waals surface area contributed by atoms with Gasteiger partial charge in [0.15, 0.2) is 0 Å². The number of ether oxygens (including phenoxy) is 1. The first-order valence-corrected chi connectivity index (χ1v) is 7.48. The molecule has 0 aromatic carbocycles. The largest absolute Gasteiger partial charge is 0.394 e. The average Bonchev–Trinajstić information content (AvgIpc) is 2.55. The quantitative estimate of drug-likeness (QED) is 0.170. The lowest BCUT2D eigenvalue weighted by atomic mass is 9.99. The van der Waals surface area contributed by atoms with Gasteiger partial charge in [-0.3, -0.25) is 9.59 Å². The Morgan fingerprint density at radius 2 is 1.88 bits per heavy atom. The van der Waals surface area contributed by atoms with E-state index in [9.17, 15) is 24.9 Å². The van der Waals surface area contributed by atoms with Crippen LogP contribution in [0.5, 0.6) is 0 Å². The van der Waals surface area contributed by atoms with Crippen LogP contribution in [0.1, 0.15) is 19.8 Å². The van der Waals surface area contributed by atoms with Crippen molar-refractivity contribution in [3.8, 4) is 0 Å². The molecule has 1 heterocycles. The first-order valence-electron chi connectivity index (χ1n) is 7.48. The normalized spacial score (nSPS) is 31.3. The molecule has 0 aromatic rings. The van der Waals surface area contributed by atoms with Crippen molar-refractivity contribution < 1.29 is 44.7 Å². The van der Waals surface area contributed by atoms with Crippen LogP contribution in [0.25, 0.3) is 0 Å². The molecular formula is C13H24N2O9. The second kappa shape index (κ2) is 9.84. The van der Waals surface area contributed by atoms with Crippen LogP contribution in [-0.2, 0) is 19.2 Å². The smallest absolute Gasteiger partial charge is 0.248 e. The Morgan fingerprint density at radius 1 is 1.21 bits per heavy atom. The van der Waals surface area contributed by atoms with Crippen molar-refractivity contribution >= 4 is 11.8 Å². The van der Waals surface area contributed by atoms with E-state index in [1.165, 1.54) is 6.92 Å². The molecule has 11 heteroatoms. The number of hydrogen-bond donors (Lipinski definition) is 7. The number of aliphatic hydroxyl groups is 5. The molecule has 7 N–H and O–H groups in total. The predicted molar refractivity (Wildman–Crippen MR) is 76.9 cm³/mol. The zero-order valence-corrected chi connectivity index (χ0v) is 13.2. The summed E-state index contributed by atoms with van der Waals surface area (Å²) in [5.41, 5.74) is 2.01. The summed E-state index contributed by atoms with van der Waals surface area (Å²) in [5.74, 6) is -1.12. The van der Waals surface area contributed by atoms with Gasteiger partial charge < -0.3 is 35.6 Å². The van der Waals surface area contributed by atoms with Crippen molar-refractivity contribution in [1.82, 2.24) is 10.8 Å². The monoisotopic (exact) mass is 352 g/mol. The van der Waals surface area contributed by atoms with Gasteiger partial charge in [0, 0.05) is 13.0 Å². The summed E-state index contributed by atoms with van der Waals surface area (Å²) in [4.78, 5) is 27.5. The van der Waals surface area contributed by atoms with Gasteiger partial charge in [-0.25, -0.2) is 10.3 Å². The van der Waals surface area contributed by atoms with Crippen molar-refractivity contribution in [1.29, 1.82) is 0 Å². The van der Waals surface area contributed by atoms with Crippen LogP contribution >= 0.6 is 0 Å². The zero-order chi connectivity index (χ0) is 18.3. The molecule has 0 unspecified atom stereocenters. The summed E-state index contributed by atoms with van der Waals surface area (Å²) in [6, 6.07) is 0. The van der Waals surface area contributed by atoms with Crippen LogP contribution in [0.2, 0.25) is 0 Å². The van der Waals surface area contributed by atoms with Crippen LogP contribution in [0, 0.1) is 0 Å².